The van der Waals surface area contributed by atoms with Gasteiger partial charge in [0.2, 0.25) is 0 Å². The average Bonchev–Trinajstić information content (AvgIpc) is 3.25. The van der Waals surface area contributed by atoms with Crippen molar-refractivity contribution in [1.82, 2.24) is 0 Å². The number of hydrogen-bond donors (Lipinski definition) is 3. The lowest BCUT2D eigenvalue weighted by atomic mass is 10.2. The summed E-state index contributed by atoms with van der Waals surface area (Å²) in [4.78, 5) is 12.1. The van der Waals surface area contributed by atoms with E-state index in [4.69, 9.17) is 14.9 Å². The maximum Gasteiger partial charge on any atom is 0.258 e. The zero-order valence-electron chi connectivity index (χ0n) is 13.2. The predicted molar refractivity (Wildman–Crippen MR) is 88.4 cm³/mol. The first-order valence-electron chi connectivity index (χ1n) is 7.89. The van der Waals surface area contributed by atoms with Gasteiger partial charge in [-0.05, 0) is 37.1 Å². The van der Waals surface area contributed by atoms with Gasteiger partial charge in [0.05, 0.1) is 23.9 Å². The lowest BCUT2D eigenvalue weighted by Crippen LogP contribution is -2.19. The molecule has 1 aliphatic heterocycles. The van der Waals surface area contributed by atoms with Crippen molar-refractivity contribution in [2.24, 2.45) is 5.73 Å². The van der Waals surface area contributed by atoms with Crippen molar-refractivity contribution < 1.29 is 18.3 Å². The molecule has 3 rings (SSSR count). The minimum atomic E-state index is -0.430. The van der Waals surface area contributed by atoms with Crippen LogP contribution in [0.5, 0.6) is 0 Å². The van der Waals surface area contributed by atoms with Crippen molar-refractivity contribution in [3.05, 3.63) is 47.7 Å². The van der Waals surface area contributed by atoms with Crippen molar-refractivity contribution in [2.45, 2.75) is 25.5 Å². The molecule has 4 N–H and O–H groups in total. The van der Waals surface area contributed by atoms with Crippen LogP contribution < -0.4 is 16.4 Å². The molecule has 1 amide bonds. The molecule has 7 heteroatoms. The summed E-state index contributed by atoms with van der Waals surface area (Å²) < 4.78 is 24.8. The second-order valence-corrected chi connectivity index (χ2v) is 5.67. The van der Waals surface area contributed by atoms with E-state index in [-0.39, 0.29) is 18.6 Å². The monoisotopic (exact) mass is 333 g/mol. The summed E-state index contributed by atoms with van der Waals surface area (Å²) in [5.74, 6) is -0.293. The Morgan fingerprint density at radius 2 is 2.25 bits per heavy atom. The van der Waals surface area contributed by atoms with Crippen LogP contribution in [0.3, 0.4) is 0 Å². The predicted octanol–water partition coefficient (Wildman–Crippen LogP) is 2.72. The smallest absolute Gasteiger partial charge is 0.258 e. The summed E-state index contributed by atoms with van der Waals surface area (Å²) in [6.07, 6.45) is 3.48. The van der Waals surface area contributed by atoms with Crippen LogP contribution in [-0.4, -0.2) is 25.2 Å². The molecule has 2 aromatic rings. The van der Waals surface area contributed by atoms with Crippen molar-refractivity contribution in [3.63, 3.8) is 0 Å². The highest BCUT2D eigenvalue weighted by molar-refractivity contribution is 6.04. The van der Waals surface area contributed by atoms with E-state index in [0.29, 0.717) is 29.2 Å². The van der Waals surface area contributed by atoms with Crippen molar-refractivity contribution in [2.75, 3.05) is 23.8 Å². The molecule has 0 saturated carbocycles. The summed E-state index contributed by atoms with van der Waals surface area (Å²) in [7, 11) is 0. The van der Waals surface area contributed by atoms with Crippen LogP contribution >= 0.6 is 0 Å². The molecule has 0 spiro atoms. The van der Waals surface area contributed by atoms with Crippen LogP contribution in [0.2, 0.25) is 0 Å². The third-order valence-electron chi connectivity index (χ3n) is 3.89. The molecular weight excluding hydrogens is 313 g/mol. The highest BCUT2D eigenvalue weighted by atomic mass is 19.1. The molecule has 1 aromatic carbocycles. The molecule has 0 bridgehead atoms. The Balaban J connectivity index is 1.60. The zero-order chi connectivity index (χ0) is 16.9. The standard InChI is InChI=1S/C17H20FN3O3/c18-15-7-12(21-17(22)11-6-14(8-19)24-10-11)3-4-16(15)20-9-13-2-1-5-23-13/h3-4,6-7,10,13,20H,1-2,5,8-9,19H2,(H,21,22). The molecule has 6 nitrogen and oxygen atoms in total. The van der Waals surface area contributed by atoms with Gasteiger partial charge < -0.3 is 25.5 Å². The number of nitrogens with two attached hydrogens (primary N) is 1. The lowest BCUT2D eigenvalue weighted by molar-refractivity contribution is 0.102. The average molecular weight is 333 g/mol. The van der Waals surface area contributed by atoms with Crippen LogP contribution in [-0.2, 0) is 11.3 Å². The van der Waals surface area contributed by atoms with Gasteiger partial charge in [-0.3, -0.25) is 4.79 Å². The Bertz CT molecular complexity index is 711. The molecule has 1 atom stereocenters. The Kier molecular flexibility index (Phi) is 5.12. The maximum absolute atomic E-state index is 14.1. The molecule has 1 fully saturated rings. The van der Waals surface area contributed by atoms with Crippen LogP contribution in [0, 0.1) is 5.82 Å². The number of nitrogens with one attached hydrogen (secondary N) is 2. The number of carbonyl (C=O) groups excluding carboxylic acids is 1. The quantitative estimate of drug-likeness (QED) is 0.756. The number of carbonyl (C=O) groups is 1. The number of furan rings is 1. The van der Waals surface area contributed by atoms with E-state index in [2.05, 4.69) is 10.6 Å². The van der Waals surface area contributed by atoms with Gasteiger partial charge in [0, 0.05) is 18.8 Å². The summed E-state index contributed by atoms with van der Waals surface area (Å²) in [6.45, 7) is 1.55. The van der Waals surface area contributed by atoms with Gasteiger partial charge in [-0.15, -0.1) is 0 Å². The normalized spacial score (nSPS) is 17.0. The van der Waals surface area contributed by atoms with Crippen LogP contribution in [0.4, 0.5) is 15.8 Å². The number of benzene rings is 1. The van der Waals surface area contributed by atoms with E-state index < -0.39 is 5.82 Å². The molecule has 0 radical (unpaired) electrons. The topological polar surface area (TPSA) is 89.5 Å². The Morgan fingerprint density at radius 1 is 1.38 bits per heavy atom. The first-order chi connectivity index (χ1) is 11.7. The second-order valence-electron chi connectivity index (χ2n) is 5.67. The molecule has 1 aliphatic rings. The van der Waals surface area contributed by atoms with Gasteiger partial charge in [0.15, 0.2) is 0 Å². The van der Waals surface area contributed by atoms with Crippen molar-refractivity contribution in [1.29, 1.82) is 0 Å². The van der Waals surface area contributed by atoms with E-state index >= 15 is 0 Å². The van der Waals surface area contributed by atoms with Gasteiger partial charge in [-0.1, -0.05) is 0 Å². The molecule has 1 saturated heterocycles. The highest BCUT2D eigenvalue weighted by Gasteiger charge is 2.16. The highest BCUT2D eigenvalue weighted by Crippen LogP contribution is 2.21. The van der Waals surface area contributed by atoms with E-state index in [0.717, 1.165) is 19.4 Å². The molecule has 128 valence electrons. The number of hydrogen-bond acceptors (Lipinski definition) is 5. The minimum Gasteiger partial charge on any atom is -0.467 e. The SMILES string of the molecule is NCc1cc(C(=O)Nc2ccc(NCC3CCCO3)c(F)c2)co1. The summed E-state index contributed by atoms with van der Waals surface area (Å²) >= 11 is 0. The number of anilines is 2. The zero-order valence-corrected chi connectivity index (χ0v) is 13.2. The first-order valence-corrected chi connectivity index (χ1v) is 7.89. The van der Waals surface area contributed by atoms with E-state index in [1.54, 1.807) is 18.2 Å². The Hall–Kier alpha value is -2.38. The summed E-state index contributed by atoms with van der Waals surface area (Å²) in [6, 6.07) is 6.08. The Morgan fingerprint density at radius 3 is 2.92 bits per heavy atom. The maximum atomic E-state index is 14.1. The number of amides is 1. The van der Waals surface area contributed by atoms with Gasteiger partial charge in [-0.25, -0.2) is 4.39 Å². The van der Waals surface area contributed by atoms with Gasteiger partial charge in [-0.2, -0.15) is 0 Å². The lowest BCUT2D eigenvalue weighted by Gasteiger charge is -2.13. The van der Waals surface area contributed by atoms with Crippen molar-refractivity contribution in [3.8, 4) is 0 Å². The Labute approximate surface area is 139 Å². The molecule has 0 aliphatic carbocycles. The van der Waals surface area contributed by atoms with Gasteiger partial charge >= 0.3 is 0 Å². The van der Waals surface area contributed by atoms with Gasteiger partial charge in [0.25, 0.3) is 5.91 Å². The third-order valence-corrected chi connectivity index (χ3v) is 3.89. The fourth-order valence-corrected chi connectivity index (χ4v) is 2.58. The number of ether oxygens (including phenoxy) is 1. The fraction of sp³-hybridized carbons (Fsp3) is 0.353. The molecule has 2 heterocycles. The largest absolute Gasteiger partial charge is 0.467 e. The van der Waals surface area contributed by atoms with Crippen LogP contribution in [0.15, 0.2) is 34.9 Å². The molecule has 24 heavy (non-hydrogen) atoms. The van der Waals surface area contributed by atoms with Crippen molar-refractivity contribution >= 4 is 17.3 Å². The molecule has 1 unspecified atom stereocenters. The van der Waals surface area contributed by atoms with Gasteiger partial charge in [0.1, 0.15) is 17.8 Å². The van der Waals surface area contributed by atoms with E-state index in [9.17, 15) is 9.18 Å². The minimum absolute atomic E-state index is 0.126. The third kappa shape index (κ3) is 3.93. The number of rotatable bonds is 6. The molecule has 1 aromatic heterocycles. The van der Waals surface area contributed by atoms with Crippen LogP contribution in [0.1, 0.15) is 29.0 Å². The van der Waals surface area contributed by atoms with E-state index in [1.807, 2.05) is 0 Å². The fourth-order valence-electron chi connectivity index (χ4n) is 2.58. The second kappa shape index (κ2) is 7.46. The summed E-state index contributed by atoms with van der Waals surface area (Å²) in [5.41, 5.74) is 6.54. The number of halogens is 1. The van der Waals surface area contributed by atoms with Crippen LogP contribution in [0.25, 0.3) is 0 Å². The van der Waals surface area contributed by atoms with E-state index in [1.165, 1.54) is 12.3 Å². The molecular formula is C17H20FN3O3. The first kappa shape index (κ1) is 16.5. The summed E-state index contributed by atoms with van der Waals surface area (Å²) in [5, 5.41) is 5.67.